The first-order chi connectivity index (χ1) is 9.54. The number of carboxylic acid groups (broad SMARTS) is 1. The standard InChI is InChI=1S/C13H19NO6/c1-9(6-18-2)19-7-10(15)8-20-11-4-3-5-14-12(11)13(16)17/h3-5,9-10,15H,6-8H2,1-2H3,(H,16,17). The van der Waals surface area contributed by atoms with Gasteiger partial charge in [-0.15, -0.1) is 0 Å². The van der Waals surface area contributed by atoms with Gasteiger partial charge in [-0.05, 0) is 19.1 Å². The molecule has 7 heteroatoms. The summed E-state index contributed by atoms with van der Waals surface area (Å²) in [5.41, 5.74) is -0.187. The largest absolute Gasteiger partial charge is 0.488 e. The average molecular weight is 285 g/mol. The Labute approximate surface area is 117 Å². The maximum absolute atomic E-state index is 10.9. The minimum atomic E-state index is -1.18. The number of nitrogens with zero attached hydrogens (tertiary/aromatic N) is 1. The molecule has 0 amide bonds. The van der Waals surface area contributed by atoms with Gasteiger partial charge in [0, 0.05) is 13.3 Å². The summed E-state index contributed by atoms with van der Waals surface area (Å²) >= 11 is 0. The number of hydrogen-bond acceptors (Lipinski definition) is 6. The predicted octanol–water partition coefficient (Wildman–Crippen LogP) is 0.571. The van der Waals surface area contributed by atoms with Crippen molar-refractivity contribution < 1.29 is 29.2 Å². The van der Waals surface area contributed by atoms with Crippen LogP contribution in [0.1, 0.15) is 17.4 Å². The van der Waals surface area contributed by atoms with Crippen LogP contribution in [0.2, 0.25) is 0 Å². The summed E-state index contributed by atoms with van der Waals surface area (Å²) in [6, 6.07) is 3.04. The number of aromatic carboxylic acids is 1. The third kappa shape index (κ3) is 5.52. The monoisotopic (exact) mass is 285 g/mol. The van der Waals surface area contributed by atoms with Crippen LogP contribution in [0, 0.1) is 0 Å². The van der Waals surface area contributed by atoms with E-state index < -0.39 is 12.1 Å². The van der Waals surface area contributed by atoms with Crippen LogP contribution >= 0.6 is 0 Å². The lowest BCUT2D eigenvalue weighted by Gasteiger charge is -2.16. The molecule has 0 saturated heterocycles. The van der Waals surface area contributed by atoms with Gasteiger partial charge in [0.25, 0.3) is 0 Å². The van der Waals surface area contributed by atoms with Gasteiger partial charge in [-0.1, -0.05) is 0 Å². The summed E-state index contributed by atoms with van der Waals surface area (Å²) in [6.45, 7) is 2.25. The van der Waals surface area contributed by atoms with Crippen molar-refractivity contribution in [1.29, 1.82) is 0 Å². The van der Waals surface area contributed by atoms with Crippen LogP contribution < -0.4 is 4.74 Å². The van der Waals surface area contributed by atoms with Crippen LogP contribution in [0.5, 0.6) is 5.75 Å². The summed E-state index contributed by atoms with van der Waals surface area (Å²) < 4.78 is 15.5. The minimum absolute atomic E-state index is 0.0766. The van der Waals surface area contributed by atoms with Crippen molar-refractivity contribution in [2.24, 2.45) is 0 Å². The van der Waals surface area contributed by atoms with Crippen molar-refractivity contribution >= 4 is 5.97 Å². The third-order valence-electron chi connectivity index (χ3n) is 2.38. The zero-order valence-corrected chi connectivity index (χ0v) is 11.5. The fourth-order valence-corrected chi connectivity index (χ4v) is 1.46. The predicted molar refractivity (Wildman–Crippen MR) is 70.0 cm³/mol. The molecule has 7 nitrogen and oxygen atoms in total. The van der Waals surface area contributed by atoms with Gasteiger partial charge in [0.05, 0.1) is 19.3 Å². The van der Waals surface area contributed by atoms with Crippen LogP contribution in [0.3, 0.4) is 0 Å². The molecule has 1 aromatic heterocycles. The molecule has 0 saturated carbocycles. The van der Waals surface area contributed by atoms with E-state index in [4.69, 9.17) is 19.3 Å². The smallest absolute Gasteiger partial charge is 0.358 e. The molecule has 2 unspecified atom stereocenters. The lowest BCUT2D eigenvalue weighted by atomic mass is 10.3. The van der Waals surface area contributed by atoms with Crippen LogP contribution in [0.15, 0.2) is 18.3 Å². The fraction of sp³-hybridized carbons (Fsp3) is 0.538. The van der Waals surface area contributed by atoms with E-state index in [9.17, 15) is 9.90 Å². The quantitative estimate of drug-likeness (QED) is 0.684. The van der Waals surface area contributed by atoms with Gasteiger partial charge in [0.1, 0.15) is 12.7 Å². The van der Waals surface area contributed by atoms with Gasteiger partial charge in [-0.25, -0.2) is 9.78 Å². The highest BCUT2D eigenvalue weighted by Crippen LogP contribution is 2.15. The Morgan fingerprint density at radius 1 is 1.40 bits per heavy atom. The molecule has 0 aliphatic carbocycles. The van der Waals surface area contributed by atoms with E-state index in [0.717, 1.165) is 0 Å². The summed E-state index contributed by atoms with van der Waals surface area (Å²) in [6.07, 6.45) is 0.362. The Balaban J connectivity index is 2.41. The van der Waals surface area contributed by atoms with Gasteiger partial charge in [-0.3, -0.25) is 0 Å². The number of aromatic nitrogens is 1. The molecule has 1 rings (SSSR count). The number of aliphatic hydroxyl groups excluding tert-OH is 1. The van der Waals surface area contributed by atoms with Gasteiger partial charge in [0.15, 0.2) is 11.4 Å². The second kappa shape index (κ2) is 8.47. The summed E-state index contributed by atoms with van der Waals surface area (Å²) in [5.74, 6) is -1.07. The van der Waals surface area contributed by atoms with Gasteiger partial charge in [-0.2, -0.15) is 0 Å². The Hall–Kier alpha value is -1.70. The van der Waals surface area contributed by atoms with Crippen molar-refractivity contribution in [1.82, 2.24) is 4.98 Å². The topological polar surface area (TPSA) is 98.1 Å². The normalized spacial score (nSPS) is 13.8. The maximum atomic E-state index is 10.9. The number of rotatable bonds is 9. The highest BCUT2D eigenvalue weighted by molar-refractivity contribution is 5.88. The molecule has 1 aromatic rings. The molecule has 0 bridgehead atoms. The Morgan fingerprint density at radius 3 is 2.80 bits per heavy atom. The van der Waals surface area contributed by atoms with E-state index in [1.165, 1.54) is 12.3 Å². The molecule has 0 aliphatic rings. The lowest BCUT2D eigenvalue weighted by molar-refractivity contribution is -0.0424. The molecule has 112 valence electrons. The number of aliphatic hydroxyl groups is 1. The number of carbonyl (C=O) groups is 1. The number of ether oxygens (including phenoxy) is 3. The van der Waals surface area contributed by atoms with E-state index in [0.29, 0.717) is 6.61 Å². The number of carboxylic acids is 1. The van der Waals surface area contributed by atoms with Crippen LogP contribution in [0.4, 0.5) is 0 Å². The Morgan fingerprint density at radius 2 is 2.15 bits per heavy atom. The second-order valence-corrected chi connectivity index (χ2v) is 4.22. The van der Waals surface area contributed by atoms with Crippen LogP contribution in [0.25, 0.3) is 0 Å². The molecule has 0 spiro atoms. The Bertz CT molecular complexity index is 425. The van der Waals surface area contributed by atoms with Crippen molar-refractivity contribution in [2.75, 3.05) is 26.9 Å². The zero-order valence-electron chi connectivity index (χ0n) is 11.5. The molecular formula is C13H19NO6. The van der Waals surface area contributed by atoms with E-state index in [-0.39, 0.29) is 30.8 Å². The van der Waals surface area contributed by atoms with Crippen molar-refractivity contribution in [3.63, 3.8) is 0 Å². The molecule has 20 heavy (non-hydrogen) atoms. The number of pyridine rings is 1. The van der Waals surface area contributed by atoms with Gasteiger partial charge < -0.3 is 24.4 Å². The fourth-order valence-electron chi connectivity index (χ4n) is 1.46. The highest BCUT2D eigenvalue weighted by atomic mass is 16.5. The van der Waals surface area contributed by atoms with Gasteiger partial charge in [0.2, 0.25) is 0 Å². The van der Waals surface area contributed by atoms with Crippen molar-refractivity contribution in [3.8, 4) is 5.75 Å². The first kappa shape index (κ1) is 16.4. The summed E-state index contributed by atoms with van der Waals surface area (Å²) in [5, 5.41) is 18.6. The summed E-state index contributed by atoms with van der Waals surface area (Å²) in [4.78, 5) is 14.6. The molecular weight excluding hydrogens is 266 g/mol. The van der Waals surface area contributed by atoms with Crippen molar-refractivity contribution in [3.05, 3.63) is 24.0 Å². The molecule has 1 heterocycles. The first-order valence-corrected chi connectivity index (χ1v) is 6.14. The lowest BCUT2D eigenvalue weighted by Crippen LogP contribution is -2.27. The van der Waals surface area contributed by atoms with Gasteiger partial charge >= 0.3 is 5.97 Å². The van der Waals surface area contributed by atoms with E-state index in [1.54, 1.807) is 13.2 Å². The maximum Gasteiger partial charge on any atom is 0.358 e. The number of methoxy groups -OCH3 is 1. The zero-order chi connectivity index (χ0) is 15.0. The highest BCUT2D eigenvalue weighted by Gasteiger charge is 2.14. The van der Waals surface area contributed by atoms with Crippen molar-refractivity contribution in [2.45, 2.75) is 19.1 Å². The number of hydrogen-bond donors (Lipinski definition) is 2. The first-order valence-electron chi connectivity index (χ1n) is 6.14. The molecule has 0 radical (unpaired) electrons. The van der Waals surface area contributed by atoms with Crippen LogP contribution in [-0.4, -0.2) is 60.3 Å². The SMILES string of the molecule is COCC(C)OCC(O)COc1cccnc1C(=O)O. The molecule has 0 fully saturated rings. The van der Waals surface area contributed by atoms with E-state index in [1.807, 2.05) is 6.92 Å². The molecule has 0 aliphatic heterocycles. The molecule has 0 aromatic carbocycles. The van der Waals surface area contributed by atoms with Crippen LogP contribution in [-0.2, 0) is 9.47 Å². The summed E-state index contributed by atoms with van der Waals surface area (Å²) in [7, 11) is 1.56. The Kier molecular flexibility index (Phi) is 6.92. The van der Waals surface area contributed by atoms with E-state index >= 15 is 0 Å². The third-order valence-corrected chi connectivity index (χ3v) is 2.38. The molecule has 2 N–H and O–H groups in total. The average Bonchev–Trinajstić information content (AvgIpc) is 2.43. The van der Waals surface area contributed by atoms with E-state index in [2.05, 4.69) is 4.98 Å². The minimum Gasteiger partial charge on any atom is -0.488 e. The molecule has 2 atom stereocenters. The second-order valence-electron chi connectivity index (χ2n) is 4.22.